The molecule has 1 aliphatic carbocycles. The van der Waals surface area contributed by atoms with Gasteiger partial charge in [-0.25, -0.2) is 9.78 Å². The van der Waals surface area contributed by atoms with Crippen molar-refractivity contribution < 1.29 is 19.1 Å². The lowest BCUT2D eigenvalue weighted by Gasteiger charge is -2.26. The maximum atomic E-state index is 13.3. The molecular weight excluding hydrogens is 512 g/mol. The van der Waals surface area contributed by atoms with E-state index in [1.807, 2.05) is 18.2 Å². The number of amides is 1. The molecule has 1 fully saturated rings. The Labute approximate surface area is 223 Å². The molecule has 0 spiro atoms. The number of para-hydroxylation sites is 1. The van der Waals surface area contributed by atoms with E-state index < -0.39 is 5.97 Å². The van der Waals surface area contributed by atoms with E-state index in [0.29, 0.717) is 33.2 Å². The van der Waals surface area contributed by atoms with Gasteiger partial charge in [0.25, 0.3) is 5.56 Å². The van der Waals surface area contributed by atoms with E-state index in [0.717, 1.165) is 69.0 Å². The molecular formula is C26H30N4O5S2. The zero-order chi connectivity index (χ0) is 25.8. The van der Waals surface area contributed by atoms with Gasteiger partial charge < -0.3 is 14.8 Å². The smallest absolute Gasteiger partial charge is 0.341 e. The molecule has 0 bridgehead atoms. The number of hydrogen-bond acceptors (Lipinski definition) is 9. The molecule has 1 aliphatic heterocycles. The van der Waals surface area contributed by atoms with Crippen LogP contribution in [0.2, 0.25) is 0 Å². The van der Waals surface area contributed by atoms with Gasteiger partial charge in [0.05, 0.1) is 42.5 Å². The Morgan fingerprint density at radius 3 is 2.81 bits per heavy atom. The molecule has 1 aromatic carbocycles. The second-order valence-electron chi connectivity index (χ2n) is 9.07. The molecule has 1 amide bonds. The van der Waals surface area contributed by atoms with E-state index in [1.54, 1.807) is 10.6 Å². The molecule has 196 valence electrons. The van der Waals surface area contributed by atoms with Crippen molar-refractivity contribution in [3.8, 4) is 0 Å². The topological polar surface area (TPSA) is 103 Å². The van der Waals surface area contributed by atoms with Gasteiger partial charge in [-0.3, -0.25) is 19.1 Å². The SMILES string of the molecule is COC(=O)c1c(NC(=O)CSc2nc3ccccc3c(=O)n2CCCN2CCOCC2)sc2c1CCC2. The Hall–Kier alpha value is -2.73. The number of ether oxygens (including phenoxy) is 2. The fourth-order valence-electron chi connectivity index (χ4n) is 4.84. The second kappa shape index (κ2) is 11.8. The van der Waals surface area contributed by atoms with E-state index in [9.17, 15) is 14.4 Å². The molecule has 11 heteroatoms. The average molecular weight is 543 g/mol. The van der Waals surface area contributed by atoms with E-state index in [4.69, 9.17) is 14.5 Å². The van der Waals surface area contributed by atoms with Crippen molar-refractivity contribution >= 4 is 50.9 Å². The van der Waals surface area contributed by atoms with Crippen molar-refractivity contribution in [1.29, 1.82) is 0 Å². The quantitative estimate of drug-likeness (QED) is 0.250. The summed E-state index contributed by atoms with van der Waals surface area (Å²) < 4.78 is 12.1. The number of thiophene rings is 1. The summed E-state index contributed by atoms with van der Waals surface area (Å²) in [5.41, 5.74) is 1.98. The number of nitrogens with one attached hydrogen (secondary N) is 1. The van der Waals surface area contributed by atoms with Crippen molar-refractivity contribution in [2.24, 2.45) is 0 Å². The summed E-state index contributed by atoms with van der Waals surface area (Å²) in [5, 5.41) is 4.53. The first-order valence-electron chi connectivity index (χ1n) is 12.5. The highest BCUT2D eigenvalue weighted by Crippen LogP contribution is 2.39. The predicted octanol–water partition coefficient (Wildman–Crippen LogP) is 3.19. The van der Waals surface area contributed by atoms with Crippen molar-refractivity contribution in [3.05, 3.63) is 50.6 Å². The first-order chi connectivity index (χ1) is 18.0. The number of morpholine rings is 1. The monoisotopic (exact) mass is 542 g/mol. The van der Waals surface area contributed by atoms with E-state index in [1.165, 1.54) is 30.2 Å². The Kier molecular flexibility index (Phi) is 8.23. The summed E-state index contributed by atoms with van der Waals surface area (Å²) in [4.78, 5) is 46.9. The molecule has 2 aromatic heterocycles. The number of rotatable bonds is 9. The molecule has 1 N–H and O–H groups in total. The highest BCUT2D eigenvalue weighted by Gasteiger charge is 2.28. The fraction of sp³-hybridized carbons (Fsp3) is 0.462. The van der Waals surface area contributed by atoms with Gasteiger partial charge in [-0.1, -0.05) is 23.9 Å². The first-order valence-corrected chi connectivity index (χ1v) is 14.3. The van der Waals surface area contributed by atoms with E-state index in [2.05, 4.69) is 10.2 Å². The lowest BCUT2D eigenvalue weighted by atomic mass is 10.1. The number of fused-ring (bicyclic) bond motifs is 2. The molecule has 3 aromatic rings. The minimum absolute atomic E-state index is 0.0669. The van der Waals surface area contributed by atoms with Gasteiger partial charge in [-0.2, -0.15) is 0 Å². The Bertz CT molecular complexity index is 1360. The van der Waals surface area contributed by atoms with Gasteiger partial charge >= 0.3 is 5.97 Å². The van der Waals surface area contributed by atoms with Crippen LogP contribution in [0.3, 0.4) is 0 Å². The number of benzene rings is 1. The minimum Gasteiger partial charge on any atom is -0.465 e. The maximum Gasteiger partial charge on any atom is 0.341 e. The number of hydrogen-bond donors (Lipinski definition) is 1. The number of carbonyl (C=O) groups excluding carboxylic acids is 2. The zero-order valence-corrected chi connectivity index (χ0v) is 22.4. The number of carbonyl (C=O) groups is 2. The van der Waals surface area contributed by atoms with Crippen molar-refractivity contribution in [2.75, 3.05) is 51.0 Å². The Balaban J connectivity index is 1.31. The van der Waals surface area contributed by atoms with Gasteiger partial charge in [-0.05, 0) is 43.4 Å². The third-order valence-corrected chi connectivity index (χ3v) is 8.87. The van der Waals surface area contributed by atoms with Crippen LogP contribution in [0.5, 0.6) is 0 Å². The van der Waals surface area contributed by atoms with Crippen molar-refractivity contribution in [2.45, 2.75) is 37.4 Å². The molecule has 37 heavy (non-hydrogen) atoms. The number of thioether (sulfide) groups is 1. The van der Waals surface area contributed by atoms with Gasteiger partial charge in [0.2, 0.25) is 5.91 Å². The third kappa shape index (κ3) is 5.74. The van der Waals surface area contributed by atoms with Gasteiger partial charge in [0, 0.05) is 31.1 Å². The largest absolute Gasteiger partial charge is 0.465 e. The van der Waals surface area contributed by atoms with Crippen LogP contribution >= 0.6 is 23.1 Å². The lowest BCUT2D eigenvalue weighted by molar-refractivity contribution is -0.113. The normalized spacial score (nSPS) is 15.6. The molecule has 0 unspecified atom stereocenters. The van der Waals surface area contributed by atoms with Crippen LogP contribution in [0.1, 0.15) is 33.6 Å². The fourth-order valence-corrected chi connectivity index (χ4v) is 6.95. The maximum absolute atomic E-state index is 13.3. The highest BCUT2D eigenvalue weighted by atomic mass is 32.2. The molecule has 0 radical (unpaired) electrons. The average Bonchev–Trinajstić information content (AvgIpc) is 3.50. The molecule has 0 saturated carbocycles. The highest BCUT2D eigenvalue weighted by molar-refractivity contribution is 7.99. The van der Waals surface area contributed by atoms with Crippen molar-refractivity contribution in [3.63, 3.8) is 0 Å². The number of aryl methyl sites for hydroxylation is 1. The van der Waals surface area contributed by atoms with Crippen LogP contribution < -0.4 is 10.9 Å². The van der Waals surface area contributed by atoms with Gasteiger partial charge in [-0.15, -0.1) is 11.3 Å². The van der Waals surface area contributed by atoms with Crippen LogP contribution in [0, 0.1) is 0 Å². The zero-order valence-electron chi connectivity index (χ0n) is 20.8. The molecule has 5 rings (SSSR count). The van der Waals surface area contributed by atoms with Crippen LogP contribution in [-0.2, 0) is 33.7 Å². The van der Waals surface area contributed by atoms with Gasteiger partial charge in [0.1, 0.15) is 5.00 Å². The van der Waals surface area contributed by atoms with Crippen LogP contribution in [0.15, 0.2) is 34.2 Å². The summed E-state index contributed by atoms with van der Waals surface area (Å²) in [5.74, 6) is -0.609. The van der Waals surface area contributed by atoms with Gasteiger partial charge in [0.15, 0.2) is 5.16 Å². The van der Waals surface area contributed by atoms with E-state index in [-0.39, 0.29) is 17.2 Å². The number of nitrogens with zero attached hydrogens (tertiary/aromatic N) is 3. The molecule has 1 saturated heterocycles. The number of esters is 1. The number of anilines is 1. The summed E-state index contributed by atoms with van der Waals surface area (Å²) >= 11 is 2.68. The first kappa shape index (κ1) is 25.9. The number of aromatic nitrogens is 2. The van der Waals surface area contributed by atoms with Crippen LogP contribution in [0.25, 0.3) is 10.9 Å². The third-order valence-electron chi connectivity index (χ3n) is 6.68. The molecule has 3 heterocycles. The summed E-state index contributed by atoms with van der Waals surface area (Å²) in [6, 6.07) is 7.29. The Morgan fingerprint density at radius 2 is 2.00 bits per heavy atom. The number of methoxy groups -OCH3 is 1. The molecule has 9 nitrogen and oxygen atoms in total. The predicted molar refractivity (Wildman–Crippen MR) is 145 cm³/mol. The molecule has 0 atom stereocenters. The standard InChI is InChI=1S/C26H30N4O5S2/c1-34-25(33)22-18-7-4-9-20(18)37-23(22)28-21(31)16-36-26-27-19-8-3-2-6-17(19)24(32)30(26)11-5-10-29-12-14-35-15-13-29/h2-3,6,8H,4-5,7,9-16H2,1H3,(H,28,31). The van der Waals surface area contributed by atoms with Crippen LogP contribution in [-0.4, -0.2) is 72.0 Å². The second-order valence-corrected chi connectivity index (χ2v) is 11.1. The minimum atomic E-state index is -0.423. The summed E-state index contributed by atoms with van der Waals surface area (Å²) in [6.07, 6.45) is 3.53. The lowest BCUT2D eigenvalue weighted by Crippen LogP contribution is -2.37. The summed E-state index contributed by atoms with van der Waals surface area (Å²) in [7, 11) is 1.35. The Morgan fingerprint density at radius 1 is 1.19 bits per heavy atom. The van der Waals surface area contributed by atoms with Crippen molar-refractivity contribution in [1.82, 2.24) is 14.5 Å². The van der Waals surface area contributed by atoms with Crippen LogP contribution in [0.4, 0.5) is 5.00 Å². The molecule has 2 aliphatic rings. The summed E-state index contributed by atoms with van der Waals surface area (Å²) in [6.45, 7) is 4.64. The van der Waals surface area contributed by atoms with E-state index >= 15 is 0 Å².